The van der Waals surface area contributed by atoms with Crippen molar-refractivity contribution in [2.75, 3.05) is 5.88 Å². The first-order valence-corrected chi connectivity index (χ1v) is 6.73. The fourth-order valence-electron chi connectivity index (χ4n) is 1.73. The van der Waals surface area contributed by atoms with Crippen molar-refractivity contribution in [3.8, 4) is 23.7 Å². The Morgan fingerprint density at radius 1 is 1.14 bits per heavy atom. The van der Waals surface area contributed by atoms with Crippen LogP contribution in [0.2, 0.25) is 0 Å². The van der Waals surface area contributed by atoms with Gasteiger partial charge in [0.1, 0.15) is 24.2 Å². The maximum Gasteiger partial charge on any atom is 0.140 e. The summed E-state index contributed by atoms with van der Waals surface area (Å²) in [5, 5.41) is 8.81. The van der Waals surface area contributed by atoms with Crippen LogP contribution in [0.25, 0.3) is 0 Å². The van der Waals surface area contributed by atoms with Crippen LogP contribution in [-0.2, 0) is 6.61 Å². The zero-order valence-corrected chi connectivity index (χ0v) is 11.8. The second kappa shape index (κ2) is 7.33. The Labute approximate surface area is 127 Å². The molecule has 0 spiro atoms. The second-order valence-corrected chi connectivity index (χ2v) is 4.41. The third-order valence-electron chi connectivity index (χ3n) is 2.72. The minimum absolute atomic E-state index is 0.00585. The molecule has 4 heteroatoms. The predicted octanol–water partition coefficient (Wildman–Crippen LogP) is 3.87. The van der Waals surface area contributed by atoms with E-state index in [1.807, 2.05) is 18.2 Å². The van der Waals surface area contributed by atoms with E-state index in [1.165, 1.54) is 12.1 Å². The first-order valence-electron chi connectivity index (χ1n) is 6.20. The van der Waals surface area contributed by atoms with Crippen molar-refractivity contribution in [3.63, 3.8) is 0 Å². The summed E-state index contributed by atoms with van der Waals surface area (Å²) in [7, 11) is 0. The lowest BCUT2D eigenvalue weighted by molar-refractivity contribution is 0.305. The molecule has 2 aromatic carbocycles. The van der Waals surface area contributed by atoms with Crippen LogP contribution >= 0.6 is 11.6 Å². The average Bonchev–Trinajstić information content (AvgIpc) is 2.53. The van der Waals surface area contributed by atoms with Gasteiger partial charge in [0.05, 0.1) is 17.0 Å². The highest BCUT2D eigenvalue weighted by atomic mass is 35.5. The summed E-state index contributed by atoms with van der Waals surface area (Å²) in [4.78, 5) is 0. The number of ether oxygens (including phenoxy) is 1. The average molecular weight is 300 g/mol. The van der Waals surface area contributed by atoms with E-state index in [-0.39, 0.29) is 18.1 Å². The monoisotopic (exact) mass is 299 g/mol. The largest absolute Gasteiger partial charge is 0.488 e. The number of nitrogens with zero attached hydrogens (tertiary/aromatic N) is 1. The molecule has 0 saturated heterocycles. The molecule has 104 valence electrons. The van der Waals surface area contributed by atoms with Crippen LogP contribution in [0.1, 0.15) is 16.7 Å². The lowest BCUT2D eigenvalue weighted by atomic mass is 10.1. The number of hydrogen-bond acceptors (Lipinski definition) is 2. The van der Waals surface area contributed by atoms with E-state index >= 15 is 0 Å². The Morgan fingerprint density at radius 2 is 1.95 bits per heavy atom. The number of para-hydroxylation sites is 1. The van der Waals surface area contributed by atoms with Gasteiger partial charge in [-0.2, -0.15) is 5.26 Å². The van der Waals surface area contributed by atoms with Gasteiger partial charge in [0.25, 0.3) is 0 Å². The fraction of sp³-hybridized carbons (Fsp3) is 0.118. The van der Waals surface area contributed by atoms with E-state index in [0.29, 0.717) is 11.3 Å². The van der Waals surface area contributed by atoms with Gasteiger partial charge in [-0.05, 0) is 29.8 Å². The molecule has 0 aliphatic heterocycles. The van der Waals surface area contributed by atoms with Gasteiger partial charge < -0.3 is 4.74 Å². The molecule has 0 heterocycles. The Bertz CT molecular complexity index is 740. The maximum absolute atomic E-state index is 13.2. The van der Waals surface area contributed by atoms with Crippen LogP contribution < -0.4 is 4.74 Å². The summed E-state index contributed by atoms with van der Waals surface area (Å²) >= 11 is 5.54. The number of halogens is 2. The number of nitriles is 1. The smallest absolute Gasteiger partial charge is 0.140 e. The summed E-state index contributed by atoms with van der Waals surface area (Å²) < 4.78 is 18.9. The molecule has 0 fully saturated rings. The first kappa shape index (κ1) is 14.9. The summed E-state index contributed by atoms with van der Waals surface area (Å²) in [5.74, 6) is 6.02. The van der Waals surface area contributed by atoms with Crippen molar-refractivity contribution in [2.24, 2.45) is 0 Å². The molecule has 0 unspecified atom stereocenters. The van der Waals surface area contributed by atoms with Gasteiger partial charge in [-0.25, -0.2) is 4.39 Å². The number of hydrogen-bond donors (Lipinski definition) is 0. The molecule has 0 atom stereocenters. The van der Waals surface area contributed by atoms with Crippen molar-refractivity contribution < 1.29 is 9.13 Å². The minimum Gasteiger partial charge on any atom is -0.488 e. The molecule has 0 saturated carbocycles. The molecule has 0 aliphatic carbocycles. The van der Waals surface area contributed by atoms with Crippen molar-refractivity contribution in [2.45, 2.75) is 6.61 Å². The number of rotatable bonds is 3. The summed E-state index contributed by atoms with van der Waals surface area (Å²) in [6, 6.07) is 13.5. The van der Waals surface area contributed by atoms with Crippen molar-refractivity contribution in [1.82, 2.24) is 0 Å². The second-order valence-electron chi connectivity index (χ2n) is 4.15. The molecule has 0 amide bonds. The third-order valence-corrected chi connectivity index (χ3v) is 2.86. The van der Waals surface area contributed by atoms with Crippen LogP contribution in [-0.4, -0.2) is 5.88 Å². The molecule has 2 aromatic rings. The molecule has 0 aromatic heterocycles. The molecular formula is C17H11ClFNO. The zero-order chi connectivity index (χ0) is 15.1. The van der Waals surface area contributed by atoms with Gasteiger partial charge in [-0.3, -0.25) is 0 Å². The maximum atomic E-state index is 13.2. The normalized spacial score (nSPS) is 9.38. The molecule has 0 N–H and O–H groups in total. The van der Waals surface area contributed by atoms with Crippen LogP contribution in [0, 0.1) is 29.0 Å². The summed E-state index contributed by atoms with van der Waals surface area (Å²) in [6.45, 7) is 0.231. The molecule has 21 heavy (non-hydrogen) atoms. The SMILES string of the molecule is N#Cc1cc(COc2ccccc2C#CCCl)ccc1F. The van der Waals surface area contributed by atoms with Gasteiger partial charge in [0, 0.05) is 0 Å². The van der Waals surface area contributed by atoms with Crippen molar-refractivity contribution in [3.05, 3.63) is 65.0 Å². The Morgan fingerprint density at radius 3 is 2.71 bits per heavy atom. The van der Waals surface area contributed by atoms with E-state index in [4.69, 9.17) is 21.6 Å². The van der Waals surface area contributed by atoms with Gasteiger partial charge in [0.15, 0.2) is 0 Å². The van der Waals surface area contributed by atoms with Crippen LogP contribution in [0.5, 0.6) is 5.75 Å². The van der Waals surface area contributed by atoms with E-state index in [1.54, 1.807) is 18.2 Å². The van der Waals surface area contributed by atoms with Gasteiger partial charge in [-0.1, -0.05) is 30.0 Å². The fourth-order valence-corrected chi connectivity index (χ4v) is 1.80. The standard InChI is InChI=1S/C17H11ClFNO/c18-9-3-5-14-4-1-2-6-17(14)21-12-13-7-8-16(19)15(10-13)11-20/h1-2,4,6-8,10H,9,12H2. The van der Waals surface area contributed by atoms with Crippen LogP contribution in [0.15, 0.2) is 42.5 Å². The highest BCUT2D eigenvalue weighted by molar-refractivity contribution is 6.19. The molecule has 2 rings (SSSR count). The third kappa shape index (κ3) is 3.99. The summed E-state index contributed by atoms with van der Waals surface area (Å²) in [6.07, 6.45) is 0. The topological polar surface area (TPSA) is 33.0 Å². The molecule has 2 nitrogen and oxygen atoms in total. The number of alkyl halides is 1. The van der Waals surface area contributed by atoms with Crippen LogP contribution in [0.3, 0.4) is 0 Å². The quantitative estimate of drug-likeness (QED) is 0.637. The highest BCUT2D eigenvalue weighted by Crippen LogP contribution is 2.19. The lowest BCUT2D eigenvalue weighted by Gasteiger charge is -2.08. The van der Waals surface area contributed by atoms with Gasteiger partial charge in [0.2, 0.25) is 0 Å². The van der Waals surface area contributed by atoms with Gasteiger partial charge in [-0.15, -0.1) is 11.6 Å². The Kier molecular flexibility index (Phi) is 5.21. The van der Waals surface area contributed by atoms with E-state index in [0.717, 1.165) is 5.56 Å². The molecule has 0 radical (unpaired) electrons. The molecular weight excluding hydrogens is 289 g/mol. The molecule has 0 aliphatic rings. The van der Waals surface area contributed by atoms with Crippen molar-refractivity contribution >= 4 is 11.6 Å². The van der Waals surface area contributed by atoms with E-state index in [9.17, 15) is 4.39 Å². The summed E-state index contributed by atoms with van der Waals surface area (Å²) in [5.41, 5.74) is 1.46. The Balaban J connectivity index is 2.15. The predicted molar refractivity (Wildman–Crippen MR) is 79.5 cm³/mol. The first-order chi connectivity index (χ1) is 10.2. The van der Waals surface area contributed by atoms with Crippen LogP contribution in [0.4, 0.5) is 4.39 Å². The molecule has 0 bridgehead atoms. The van der Waals surface area contributed by atoms with Crippen molar-refractivity contribution in [1.29, 1.82) is 5.26 Å². The van der Waals surface area contributed by atoms with E-state index in [2.05, 4.69) is 11.8 Å². The van der Waals surface area contributed by atoms with Gasteiger partial charge >= 0.3 is 0 Å². The Hall–Kier alpha value is -2.49. The zero-order valence-electron chi connectivity index (χ0n) is 11.1. The van der Waals surface area contributed by atoms with E-state index < -0.39 is 5.82 Å². The highest BCUT2D eigenvalue weighted by Gasteiger charge is 2.05. The lowest BCUT2D eigenvalue weighted by Crippen LogP contribution is -1.98. The minimum atomic E-state index is -0.533. The number of benzene rings is 2.